The largest absolute Gasteiger partial charge is 0.348 e. The van der Waals surface area contributed by atoms with Crippen molar-refractivity contribution in [1.29, 1.82) is 0 Å². The molecule has 19 heavy (non-hydrogen) atoms. The molecule has 0 aliphatic carbocycles. The molecule has 0 radical (unpaired) electrons. The molecule has 0 heterocycles. The number of aryl methyl sites for hydroxylation is 1. The highest BCUT2D eigenvalue weighted by Gasteiger charge is 2.14. The number of carbonyl (C=O) groups is 1. The van der Waals surface area contributed by atoms with Crippen molar-refractivity contribution < 1.29 is 4.79 Å². The van der Waals surface area contributed by atoms with Crippen LogP contribution in [-0.4, -0.2) is 36.5 Å². The quantitative estimate of drug-likeness (QED) is 0.870. The van der Waals surface area contributed by atoms with Crippen LogP contribution in [0.5, 0.6) is 0 Å². The fourth-order valence-electron chi connectivity index (χ4n) is 2.02. The second-order valence-corrected chi connectivity index (χ2v) is 5.70. The van der Waals surface area contributed by atoms with Crippen LogP contribution in [0.3, 0.4) is 0 Å². The van der Waals surface area contributed by atoms with E-state index in [1.807, 2.05) is 32.0 Å². The molecule has 1 amide bonds. The first-order chi connectivity index (χ1) is 8.97. The zero-order chi connectivity index (χ0) is 14.4. The molecule has 1 aromatic rings. The lowest BCUT2D eigenvalue weighted by molar-refractivity contribution is 0.0929. The van der Waals surface area contributed by atoms with E-state index in [2.05, 4.69) is 40.0 Å². The van der Waals surface area contributed by atoms with Crippen molar-refractivity contribution in [3.8, 4) is 0 Å². The van der Waals surface area contributed by atoms with Crippen molar-refractivity contribution in [2.45, 2.75) is 33.7 Å². The molecule has 0 aromatic heterocycles. The van der Waals surface area contributed by atoms with Gasteiger partial charge >= 0.3 is 0 Å². The minimum Gasteiger partial charge on any atom is -0.348 e. The van der Waals surface area contributed by atoms with E-state index < -0.39 is 0 Å². The highest BCUT2D eigenvalue weighted by molar-refractivity contribution is 9.10. The van der Waals surface area contributed by atoms with Crippen LogP contribution in [0.25, 0.3) is 0 Å². The molecule has 0 aliphatic rings. The standard InChI is InChI=1S/C15H23BrN2O/c1-5-18(6-2)10-12(4)17-15(19)13-8-7-11(3)9-14(13)16/h7-9,12H,5-6,10H2,1-4H3,(H,17,19). The summed E-state index contributed by atoms with van der Waals surface area (Å²) in [5, 5.41) is 3.04. The van der Waals surface area contributed by atoms with Crippen molar-refractivity contribution in [1.82, 2.24) is 10.2 Å². The number of likely N-dealkylation sites (N-methyl/N-ethyl adjacent to an activating group) is 1. The van der Waals surface area contributed by atoms with Gasteiger partial charge in [-0.25, -0.2) is 0 Å². The molecule has 1 aromatic carbocycles. The average Bonchev–Trinajstić information content (AvgIpc) is 2.35. The molecule has 106 valence electrons. The number of nitrogens with one attached hydrogen (secondary N) is 1. The lowest BCUT2D eigenvalue weighted by atomic mass is 10.1. The van der Waals surface area contributed by atoms with E-state index in [-0.39, 0.29) is 11.9 Å². The maximum absolute atomic E-state index is 12.2. The summed E-state index contributed by atoms with van der Waals surface area (Å²) < 4.78 is 0.847. The van der Waals surface area contributed by atoms with E-state index >= 15 is 0 Å². The Bertz CT molecular complexity index is 430. The second-order valence-electron chi connectivity index (χ2n) is 4.84. The van der Waals surface area contributed by atoms with Gasteiger partial charge in [0.05, 0.1) is 5.56 Å². The van der Waals surface area contributed by atoms with E-state index in [4.69, 9.17) is 0 Å². The zero-order valence-corrected chi connectivity index (χ0v) is 13.8. The van der Waals surface area contributed by atoms with Crippen molar-refractivity contribution in [2.24, 2.45) is 0 Å². The van der Waals surface area contributed by atoms with E-state index in [1.54, 1.807) is 0 Å². The summed E-state index contributed by atoms with van der Waals surface area (Å²) in [7, 11) is 0. The van der Waals surface area contributed by atoms with Gasteiger partial charge in [0.1, 0.15) is 0 Å². The monoisotopic (exact) mass is 326 g/mol. The number of rotatable bonds is 6. The van der Waals surface area contributed by atoms with Gasteiger partial charge in [-0.3, -0.25) is 4.79 Å². The molecule has 4 heteroatoms. The Morgan fingerprint density at radius 2 is 2.00 bits per heavy atom. The number of hydrogen-bond donors (Lipinski definition) is 1. The van der Waals surface area contributed by atoms with Crippen molar-refractivity contribution in [2.75, 3.05) is 19.6 Å². The number of benzene rings is 1. The fraction of sp³-hybridized carbons (Fsp3) is 0.533. The normalized spacial score (nSPS) is 12.5. The average molecular weight is 327 g/mol. The number of amides is 1. The molecule has 0 saturated heterocycles. The molecule has 0 bridgehead atoms. The van der Waals surface area contributed by atoms with Gasteiger partial charge in [0, 0.05) is 17.1 Å². The first-order valence-corrected chi connectivity index (χ1v) is 7.56. The summed E-state index contributed by atoms with van der Waals surface area (Å²) in [6.45, 7) is 11.2. The smallest absolute Gasteiger partial charge is 0.252 e. The van der Waals surface area contributed by atoms with Gasteiger partial charge in [-0.05, 0) is 60.6 Å². The highest BCUT2D eigenvalue weighted by Crippen LogP contribution is 2.18. The van der Waals surface area contributed by atoms with Crippen LogP contribution in [-0.2, 0) is 0 Å². The summed E-state index contributed by atoms with van der Waals surface area (Å²) in [6, 6.07) is 5.91. The van der Waals surface area contributed by atoms with E-state index in [0.717, 1.165) is 29.7 Å². The minimum absolute atomic E-state index is 0.0217. The van der Waals surface area contributed by atoms with Crippen LogP contribution in [0.4, 0.5) is 0 Å². The lowest BCUT2D eigenvalue weighted by Gasteiger charge is -2.23. The van der Waals surface area contributed by atoms with Crippen molar-refractivity contribution in [3.63, 3.8) is 0 Å². The zero-order valence-electron chi connectivity index (χ0n) is 12.2. The minimum atomic E-state index is -0.0217. The molecular weight excluding hydrogens is 304 g/mol. The summed E-state index contributed by atoms with van der Waals surface area (Å²) in [5.41, 5.74) is 1.83. The van der Waals surface area contributed by atoms with Gasteiger partial charge in [-0.15, -0.1) is 0 Å². The SMILES string of the molecule is CCN(CC)CC(C)NC(=O)c1ccc(C)cc1Br. The molecule has 1 N–H and O–H groups in total. The van der Waals surface area contributed by atoms with Crippen molar-refractivity contribution >= 4 is 21.8 Å². The van der Waals surface area contributed by atoms with Crippen LogP contribution in [0.2, 0.25) is 0 Å². The van der Waals surface area contributed by atoms with Crippen LogP contribution in [0, 0.1) is 6.92 Å². The number of hydrogen-bond acceptors (Lipinski definition) is 2. The maximum Gasteiger partial charge on any atom is 0.252 e. The van der Waals surface area contributed by atoms with Gasteiger partial charge in [-0.2, -0.15) is 0 Å². The van der Waals surface area contributed by atoms with Crippen molar-refractivity contribution in [3.05, 3.63) is 33.8 Å². The Hall–Kier alpha value is -0.870. The second kappa shape index (κ2) is 7.65. The van der Waals surface area contributed by atoms with Crippen LogP contribution >= 0.6 is 15.9 Å². The predicted molar refractivity (Wildman–Crippen MR) is 83.6 cm³/mol. The molecule has 3 nitrogen and oxygen atoms in total. The van der Waals surface area contributed by atoms with Gasteiger partial charge in [-0.1, -0.05) is 19.9 Å². The fourth-order valence-corrected chi connectivity index (χ4v) is 2.69. The van der Waals surface area contributed by atoms with Crippen LogP contribution in [0.1, 0.15) is 36.7 Å². The van der Waals surface area contributed by atoms with E-state index in [9.17, 15) is 4.79 Å². The summed E-state index contributed by atoms with van der Waals surface area (Å²) in [6.07, 6.45) is 0. The van der Waals surface area contributed by atoms with Gasteiger partial charge in [0.15, 0.2) is 0 Å². The number of nitrogens with zero attached hydrogens (tertiary/aromatic N) is 1. The Balaban J connectivity index is 2.63. The number of halogens is 1. The Morgan fingerprint density at radius 3 is 2.53 bits per heavy atom. The third-order valence-corrected chi connectivity index (χ3v) is 3.83. The molecule has 1 atom stereocenters. The van der Waals surface area contributed by atoms with Crippen LogP contribution in [0.15, 0.2) is 22.7 Å². The van der Waals surface area contributed by atoms with E-state index in [0.29, 0.717) is 5.56 Å². The molecule has 1 unspecified atom stereocenters. The lowest BCUT2D eigenvalue weighted by Crippen LogP contribution is -2.42. The summed E-state index contributed by atoms with van der Waals surface area (Å²) in [5.74, 6) is -0.0217. The number of carbonyl (C=O) groups excluding carboxylic acids is 1. The van der Waals surface area contributed by atoms with Gasteiger partial charge in [0.2, 0.25) is 0 Å². The Kier molecular flexibility index (Phi) is 6.52. The predicted octanol–water partition coefficient (Wildman–Crippen LogP) is 3.22. The Morgan fingerprint density at radius 1 is 1.37 bits per heavy atom. The highest BCUT2D eigenvalue weighted by atomic mass is 79.9. The van der Waals surface area contributed by atoms with Gasteiger partial charge < -0.3 is 10.2 Å². The molecule has 0 saturated carbocycles. The molecule has 0 aliphatic heterocycles. The first kappa shape index (κ1) is 16.2. The first-order valence-electron chi connectivity index (χ1n) is 6.77. The van der Waals surface area contributed by atoms with E-state index in [1.165, 1.54) is 0 Å². The molecule has 0 spiro atoms. The third-order valence-electron chi connectivity index (χ3n) is 3.17. The molecule has 1 rings (SSSR count). The maximum atomic E-state index is 12.2. The Labute approximate surface area is 124 Å². The molecule has 0 fully saturated rings. The molecular formula is C15H23BrN2O. The summed E-state index contributed by atoms with van der Waals surface area (Å²) >= 11 is 3.44. The van der Waals surface area contributed by atoms with Crippen LogP contribution < -0.4 is 5.32 Å². The topological polar surface area (TPSA) is 32.3 Å². The van der Waals surface area contributed by atoms with Gasteiger partial charge in [0.25, 0.3) is 5.91 Å². The summed E-state index contributed by atoms with van der Waals surface area (Å²) in [4.78, 5) is 14.5. The third kappa shape index (κ3) is 4.96.